The molecule has 0 bridgehead atoms. The van der Waals surface area contributed by atoms with Gasteiger partial charge in [-0.05, 0) is 24.6 Å². The summed E-state index contributed by atoms with van der Waals surface area (Å²) in [5.74, 6) is 0.161. The highest BCUT2D eigenvalue weighted by molar-refractivity contribution is 6.07. The van der Waals surface area contributed by atoms with E-state index in [4.69, 9.17) is 15.2 Å². The van der Waals surface area contributed by atoms with E-state index < -0.39 is 23.4 Å². The summed E-state index contributed by atoms with van der Waals surface area (Å²) in [4.78, 5) is 36.7. The molecule has 0 spiro atoms. The first kappa shape index (κ1) is 16.1. The first-order valence-corrected chi connectivity index (χ1v) is 7.74. The molecule has 1 aromatic rings. The van der Waals surface area contributed by atoms with Gasteiger partial charge in [0.05, 0.1) is 13.2 Å². The molecule has 1 saturated heterocycles. The van der Waals surface area contributed by atoms with E-state index in [1.807, 2.05) is 0 Å². The number of rotatable bonds is 4. The van der Waals surface area contributed by atoms with E-state index >= 15 is 0 Å². The smallest absolute Gasteiger partial charge is 0.325 e. The van der Waals surface area contributed by atoms with Crippen molar-refractivity contribution in [2.24, 2.45) is 5.73 Å². The molecule has 0 aromatic heterocycles. The summed E-state index contributed by atoms with van der Waals surface area (Å²) in [6.07, 6.45) is 0.703. The lowest BCUT2D eigenvalue weighted by molar-refractivity contribution is -0.131. The molecule has 24 heavy (non-hydrogen) atoms. The van der Waals surface area contributed by atoms with Gasteiger partial charge in [-0.25, -0.2) is 4.79 Å². The number of nitrogens with one attached hydrogen (secondary N) is 1. The van der Waals surface area contributed by atoms with Crippen LogP contribution in [0.1, 0.15) is 25.3 Å². The number of hydrogen-bond acceptors (Lipinski definition) is 5. The van der Waals surface area contributed by atoms with Crippen LogP contribution in [0.25, 0.3) is 0 Å². The summed E-state index contributed by atoms with van der Waals surface area (Å²) >= 11 is 0. The highest BCUT2D eigenvalue weighted by Gasteiger charge is 2.49. The van der Waals surface area contributed by atoms with Crippen molar-refractivity contribution in [2.45, 2.75) is 25.3 Å². The van der Waals surface area contributed by atoms with Gasteiger partial charge in [-0.2, -0.15) is 0 Å². The average Bonchev–Trinajstić information content (AvgIpc) is 2.72. The van der Waals surface area contributed by atoms with E-state index in [1.165, 1.54) is 0 Å². The highest BCUT2D eigenvalue weighted by atomic mass is 16.5. The summed E-state index contributed by atoms with van der Waals surface area (Å²) in [6, 6.07) is 4.61. The standard InChI is InChI=1S/C16H19N3O5/c1-16(14(21)19(15(22)18-16)6-5-13(17)20)10-3-4-11-12(9-10)24-8-2-7-23-11/h3-4,9H,2,5-8H2,1H3,(H2,17,20)(H,18,22). The second-order valence-corrected chi connectivity index (χ2v) is 5.94. The van der Waals surface area contributed by atoms with E-state index in [9.17, 15) is 14.4 Å². The molecule has 1 atom stereocenters. The molecule has 1 fully saturated rings. The molecule has 3 N–H and O–H groups in total. The number of primary amides is 1. The molecule has 8 heteroatoms. The van der Waals surface area contributed by atoms with Gasteiger partial charge < -0.3 is 20.5 Å². The fourth-order valence-electron chi connectivity index (χ4n) is 2.79. The zero-order chi connectivity index (χ0) is 17.3. The van der Waals surface area contributed by atoms with Crippen LogP contribution in [0.4, 0.5) is 4.79 Å². The van der Waals surface area contributed by atoms with Gasteiger partial charge in [0.2, 0.25) is 5.91 Å². The van der Waals surface area contributed by atoms with E-state index in [0.717, 1.165) is 11.3 Å². The molecule has 0 saturated carbocycles. The predicted molar refractivity (Wildman–Crippen MR) is 83.5 cm³/mol. The zero-order valence-corrected chi connectivity index (χ0v) is 13.3. The molecule has 1 unspecified atom stereocenters. The second kappa shape index (κ2) is 6.03. The van der Waals surface area contributed by atoms with Crippen LogP contribution in [-0.2, 0) is 15.1 Å². The third-order valence-electron chi connectivity index (χ3n) is 4.18. The second-order valence-electron chi connectivity index (χ2n) is 5.94. The number of ether oxygens (including phenoxy) is 2. The number of carbonyl (C=O) groups is 3. The van der Waals surface area contributed by atoms with E-state index in [2.05, 4.69) is 5.32 Å². The minimum absolute atomic E-state index is 0.0415. The number of amides is 4. The Morgan fingerprint density at radius 2 is 2.00 bits per heavy atom. The summed E-state index contributed by atoms with van der Waals surface area (Å²) in [7, 11) is 0. The van der Waals surface area contributed by atoms with Crippen LogP contribution in [0.15, 0.2) is 18.2 Å². The minimum Gasteiger partial charge on any atom is -0.490 e. The average molecular weight is 333 g/mol. The summed E-state index contributed by atoms with van der Waals surface area (Å²) in [5.41, 5.74) is 4.46. The van der Waals surface area contributed by atoms with Crippen molar-refractivity contribution in [1.29, 1.82) is 0 Å². The molecule has 1 aromatic carbocycles. The largest absolute Gasteiger partial charge is 0.490 e. The lowest BCUT2D eigenvalue weighted by Crippen LogP contribution is -2.41. The van der Waals surface area contributed by atoms with Gasteiger partial charge in [0, 0.05) is 19.4 Å². The SMILES string of the molecule is CC1(c2ccc3c(c2)OCCCO3)NC(=O)N(CCC(N)=O)C1=O. The third kappa shape index (κ3) is 2.75. The first-order chi connectivity index (χ1) is 11.4. The minimum atomic E-state index is -1.22. The molecular formula is C16H19N3O5. The van der Waals surface area contributed by atoms with Crippen molar-refractivity contribution >= 4 is 17.8 Å². The molecule has 4 amide bonds. The molecule has 0 radical (unpaired) electrons. The van der Waals surface area contributed by atoms with Crippen LogP contribution in [0.5, 0.6) is 11.5 Å². The van der Waals surface area contributed by atoms with Gasteiger partial charge in [-0.15, -0.1) is 0 Å². The number of fused-ring (bicyclic) bond motifs is 1. The Labute approximate surface area is 138 Å². The maximum atomic E-state index is 12.7. The molecule has 8 nitrogen and oxygen atoms in total. The van der Waals surface area contributed by atoms with Crippen molar-refractivity contribution in [3.63, 3.8) is 0 Å². The molecule has 3 rings (SSSR count). The van der Waals surface area contributed by atoms with Gasteiger partial charge >= 0.3 is 6.03 Å². The predicted octanol–water partition coefficient (Wildman–Crippen LogP) is 0.490. The Bertz CT molecular complexity index is 705. The monoisotopic (exact) mass is 333 g/mol. The lowest BCUT2D eigenvalue weighted by atomic mass is 9.91. The molecule has 128 valence electrons. The van der Waals surface area contributed by atoms with Gasteiger partial charge in [-0.1, -0.05) is 6.07 Å². The Morgan fingerprint density at radius 3 is 2.71 bits per heavy atom. The normalized spacial score (nSPS) is 23.0. The number of benzene rings is 1. The van der Waals surface area contributed by atoms with Gasteiger partial charge in [0.25, 0.3) is 5.91 Å². The summed E-state index contributed by atoms with van der Waals surface area (Å²) in [5, 5.41) is 2.68. The molecular weight excluding hydrogens is 314 g/mol. The molecule has 2 aliphatic heterocycles. The van der Waals surface area contributed by atoms with Crippen LogP contribution < -0.4 is 20.5 Å². The van der Waals surface area contributed by atoms with Gasteiger partial charge in [-0.3, -0.25) is 14.5 Å². The molecule has 2 heterocycles. The summed E-state index contributed by atoms with van der Waals surface area (Å²) in [6.45, 7) is 2.68. The molecule has 2 aliphatic rings. The Balaban J connectivity index is 1.88. The highest BCUT2D eigenvalue weighted by Crippen LogP contribution is 2.36. The van der Waals surface area contributed by atoms with Crippen molar-refractivity contribution in [1.82, 2.24) is 10.2 Å². The van der Waals surface area contributed by atoms with E-state index in [1.54, 1.807) is 25.1 Å². The fraction of sp³-hybridized carbons (Fsp3) is 0.438. The number of hydrogen-bond donors (Lipinski definition) is 2. The van der Waals surface area contributed by atoms with Crippen LogP contribution in [0, 0.1) is 0 Å². The van der Waals surface area contributed by atoms with E-state index in [-0.39, 0.29) is 13.0 Å². The Kier molecular flexibility index (Phi) is 4.04. The zero-order valence-electron chi connectivity index (χ0n) is 13.3. The maximum Gasteiger partial charge on any atom is 0.325 e. The maximum absolute atomic E-state index is 12.7. The van der Waals surface area contributed by atoms with E-state index in [0.29, 0.717) is 30.3 Å². The Morgan fingerprint density at radius 1 is 1.29 bits per heavy atom. The van der Waals surface area contributed by atoms with Crippen molar-refractivity contribution in [3.8, 4) is 11.5 Å². The number of nitrogens with two attached hydrogens (primary N) is 1. The van der Waals surface area contributed by atoms with Crippen LogP contribution >= 0.6 is 0 Å². The fourth-order valence-corrected chi connectivity index (χ4v) is 2.79. The number of imide groups is 1. The topological polar surface area (TPSA) is 111 Å². The van der Waals surface area contributed by atoms with Crippen LogP contribution in [0.2, 0.25) is 0 Å². The van der Waals surface area contributed by atoms with Gasteiger partial charge in [0.1, 0.15) is 5.54 Å². The molecule has 0 aliphatic carbocycles. The van der Waals surface area contributed by atoms with Crippen LogP contribution in [0.3, 0.4) is 0 Å². The van der Waals surface area contributed by atoms with Crippen LogP contribution in [-0.4, -0.2) is 42.5 Å². The number of urea groups is 1. The number of nitrogens with zero attached hydrogens (tertiary/aromatic N) is 1. The quantitative estimate of drug-likeness (QED) is 0.779. The first-order valence-electron chi connectivity index (χ1n) is 7.74. The lowest BCUT2D eigenvalue weighted by Gasteiger charge is -2.23. The number of carbonyl (C=O) groups excluding carboxylic acids is 3. The summed E-state index contributed by atoms with van der Waals surface area (Å²) < 4.78 is 11.2. The van der Waals surface area contributed by atoms with Crippen molar-refractivity contribution < 1.29 is 23.9 Å². The van der Waals surface area contributed by atoms with Crippen molar-refractivity contribution in [2.75, 3.05) is 19.8 Å². The Hall–Kier alpha value is -2.77. The van der Waals surface area contributed by atoms with Crippen molar-refractivity contribution in [3.05, 3.63) is 23.8 Å². The third-order valence-corrected chi connectivity index (χ3v) is 4.18. The van der Waals surface area contributed by atoms with Gasteiger partial charge in [0.15, 0.2) is 11.5 Å².